The minimum Gasteiger partial charge on any atom is -0.407 e. The minimum atomic E-state index is -2.45. The van der Waals surface area contributed by atoms with Gasteiger partial charge in [-0.15, -0.1) is 0 Å². The predicted molar refractivity (Wildman–Crippen MR) is 142 cm³/mol. The maximum Gasteiger partial charge on any atom is 0.261 e. The highest BCUT2D eigenvalue weighted by Gasteiger charge is 2.50. The van der Waals surface area contributed by atoms with Gasteiger partial charge in [-0.2, -0.15) is 5.10 Å². The van der Waals surface area contributed by atoms with Gasteiger partial charge in [0.15, 0.2) is 0 Å². The molecule has 2 aromatic rings. The van der Waals surface area contributed by atoms with E-state index < -0.39 is 8.32 Å². The van der Waals surface area contributed by atoms with Crippen molar-refractivity contribution < 1.29 is 9.16 Å². The van der Waals surface area contributed by atoms with Crippen molar-refractivity contribution >= 4 is 24.9 Å². The van der Waals surface area contributed by atoms with Crippen LogP contribution in [0.2, 0.25) is 5.04 Å². The summed E-state index contributed by atoms with van der Waals surface area (Å²) in [4.78, 5) is 0. The monoisotopic (exact) mass is 466 g/mol. The van der Waals surface area contributed by atoms with Crippen molar-refractivity contribution in [2.75, 3.05) is 26.9 Å². The van der Waals surface area contributed by atoms with E-state index in [1.165, 1.54) is 23.2 Å². The third-order valence-corrected chi connectivity index (χ3v) is 11.7. The average molecular weight is 467 g/mol. The first-order valence-electron chi connectivity index (χ1n) is 12.4. The largest absolute Gasteiger partial charge is 0.407 e. The Bertz CT molecular complexity index is 812. The van der Waals surface area contributed by atoms with E-state index in [1.807, 2.05) is 0 Å². The van der Waals surface area contributed by atoms with E-state index in [1.54, 1.807) is 7.11 Å². The molecule has 180 valence electrons. The molecule has 0 bridgehead atoms. The Labute approximate surface area is 202 Å². The normalized spacial score (nSPS) is 18.2. The average Bonchev–Trinajstić information content (AvgIpc) is 3.25. The Morgan fingerprint density at radius 2 is 1.67 bits per heavy atom. The number of hydrogen-bond donors (Lipinski definition) is 0. The van der Waals surface area contributed by atoms with Crippen LogP contribution in [0.1, 0.15) is 53.4 Å². The number of nitrogens with zero attached hydrogens (tertiary/aromatic N) is 2. The summed E-state index contributed by atoms with van der Waals surface area (Å²) in [6.45, 7) is 11.9. The molecular formula is C28H42N2O2Si. The van der Waals surface area contributed by atoms with E-state index in [-0.39, 0.29) is 5.04 Å². The lowest BCUT2D eigenvalue weighted by Gasteiger charge is -2.43. The molecule has 1 saturated heterocycles. The van der Waals surface area contributed by atoms with Gasteiger partial charge in [0.2, 0.25) is 0 Å². The van der Waals surface area contributed by atoms with Crippen LogP contribution in [0.25, 0.3) is 0 Å². The van der Waals surface area contributed by atoms with Gasteiger partial charge >= 0.3 is 0 Å². The van der Waals surface area contributed by atoms with Crippen molar-refractivity contribution in [1.29, 1.82) is 0 Å². The molecule has 4 nitrogen and oxygen atoms in total. The molecule has 5 heteroatoms. The fourth-order valence-corrected chi connectivity index (χ4v) is 9.66. The summed E-state index contributed by atoms with van der Waals surface area (Å²) < 4.78 is 12.4. The van der Waals surface area contributed by atoms with E-state index in [0.717, 1.165) is 32.6 Å². The second kappa shape index (κ2) is 12.0. The summed E-state index contributed by atoms with van der Waals surface area (Å²) in [5, 5.41) is 9.64. The summed E-state index contributed by atoms with van der Waals surface area (Å²) in [7, 11) is -0.683. The lowest BCUT2D eigenvalue weighted by Crippen LogP contribution is -2.66. The number of methoxy groups -OCH3 is 1. The third-order valence-electron chi connectivity index (χ3n) is 6.72. The first kappa shape index (κ1) is 25.7. The Kier molecular flexibility index (Phi) is 9.30. The van der Waals surface area contributed by atoms with Crippen molar-refractivity contribution in [3.05, 3.63) is 60.7 Å². The molecule has 33 heavy (non-hydrogen) atoms. The van der Waals surface area contributed by atoms with Crippen molar-refractivity contribution in [1.82, 2.24) is 5.01 Å². The lowest BCUT2D eigenvalue weighted by molar-refractivity contribution is 0.118. The highest BCUT2D eigenvalue weighted by atomic mass is 28.4. The third kappa shape index (κ3) is 6.34. The molecule has 0 saturated carbocycles. The zero-order valence-corrected chi connectivity index (χ0v) is 22.2. The second-order valence-electron chi connectivity index (χ2n) is 10.4. The Hall–Kier alpha value is -1.95. The van der Waals surface area contributed by atoms with Gasteiger partial charge in [0.1, 0.15) is 0 Å². The van der Waals surface area contributed by atoms with Crippen LogP contribution in [-0.2, 0) is 9.16 Å². The van der Waals surface area contributed by atoms with E-state index in [9.17, 15) is 0 Å². The van der Waals surface area contributed by atoms with Gasteiger partial charge in [-0.1, -0.05) is 88.4 Å². The molecule has 0 aromatic heterocycles. The fraction of sp³-hybridized carbons (Fsp3) is 0.536. The lowest BCUT2D eigenvalue weighted by atomic mass is 10.1. The molecule has 0 aliphatic carbocycles. The Morgan fingerprint density at radius 1 is 1.06 bits per heavy atom. The van der Waals surface area contributed by atoms with Crippen molar-refractivity contribution in [2.45, 2.75) is 64.5 Å². The van der Waals surface area contributed by atoms with Gasteiger partial charge in [0.05, 0.1) is 12.6 Å². The first-order chi connectivity index (χ1) is 15.9. The molecular weight excluding hydrogens is 424 g/mol. The molecule has 0 unspecified atom stereocenters. The minimum absolute atomic E-state index is 0.0169. The SMILES string of the molecule is COC[C@@H]1CCCN1/N=C/CC[C@@H](C)CO[Si](c1ccccc1)(c1ccccc1)C(C)(C)C. The summed E-state index contributed by atoms with van der Waals surface area (Å²) in [6, 6.07) is 22.2. The molecule has 2 aromatic carbocycles. The predicted octanol–water partition coefficient (Wildman–Crippen LogP) is 5.08. The zero-order valence-electron chi connectivity index (χ0n) is 21.2. The Morgan fingerprint density at radius 3 is 2.21 bits per heavy atom. The highest BCUT2D eigenvalue weighted by molar-refractivity contribution is 6.99. The van der Waals surface area contributed by atoms with Crippen LogP contribution in [0.4, 0.5) is 0 Å². The summed E-state index contributed by atoms with van der Waals surface area (Å²) in [5.41, 5.74) is 0. The van der Waals surface area contributed by atoms with Crippen molar-refractivity contribution in [2.24, 2.45) is 11.0 Å². The van der Waals surface area contributed by atoms with Gasteiger partial charge in [-0.05, 0) is 47.0 Å². The van der Waals surface area contributed by atoms with Crippen LogP contribution in [0.15, 0.2) is 65.8 Å². The van der Waals surface area contributed by atoms with Gasteiger partial charge in [-0.25, -0.2) is 0 Å². The fourth-order valence-electron chi connectivity index (χ4n) is 4.97. The topological polar surface area (TPSA) is 34.1 Å². The second-order valence-corrected chi connectivity index (χ2v) is 14.7. The van der Waals surface area contributed by atoms with Crippen LogP contribution in [0.5, 0.6) is 0 Å². The maximum absolute atomic E-state index is 7.08. The van der Waals surface area contributed by atoms with Gasteiger partial charge in [0.25, 0.3) is 8.32 Å². The maximum atomic E-state index is 7.08. The number of rotatable bonds is 11. The molecule has 3 rings (SSSR count). The molecule has 0 N–H and O–H groups in total. The number of hydrogen-bond acceptors (Lipinski definition) is 4. The highest BCUT2D eigenvalue weighted by Crippen LogP contribution is 2.37. The van der Waals surface area contributed by atoms with Gasteiger partial charge in [0, 0.05) is 26.5 Å². The van der Waals surface area contributed by atoms with E-state index in [0.29, 0.717) is 12.0 Å². The van der Waals surface area contributed by atoms with Crippen LogP contribution in [0.3, 0.4) is 0 Å². The summed E-state index contributed by atoms with van der Waals surface area (Å²) in [6.07, 6.45) is 6.52. The van der Waals surface area contributed by atoms with E-state index in [2.05, 4.69) is 99.6 Å². The van der Waals surface area contributed by atoms with Gasteiger partial charge in [-0.3, -0.25) is 5.01 Å². The standard InChI is InChI=1S/C28H42N2O2Si/c1-24(14-12-20-29-30-21-13-15-25(30)23-31-5)22-32-33(28(2,3)4,26-16-8-6-9-17-26)27-18-10-7-11-19-27/h6-11,16-20,24-25H,12-15,21-23H2,1-5H3/b29-20+/t24-,25+/m1/s1. The smallest absolute Gasteiger partial charge is 0.261 e. The molecule has 1 fully saturated rings. The molecule has 0 radical (unpaired) electrons. The molecule has 0 spiro atoms. The molecule has 1 aliphatic rings. The van der Waals surface area contributed by atoms with Crippen LogP contribution in [-0.4, -0.2) is 52.5 Å². The van der Waals surface area contributed by atoms with E-state index >= 15 is 0 Å². The molecule has 1 aliphatic heterocycles. The van der Waals surface area contributed by atoms with Crippen molar-refractivity contribution in [3.8, 4) is 0 Å². The van der Waals surface area contributed by atoms with Crippen LogP contribution >= 0.6 is 0 Å². The summed E-state index contributed by atoms with van der Waals surface area (Å²) >= 11 is 0. The zero-order chi connectivity index (χ0) is 23.7. The summed E-state index contributed by atoms with van der Waals surface area (Å²) in [5.74, 6) is 0.464. The molecule has 0 amide bonds. The quantitative estimate of drug-likeness (QED) is 0.342. The number of hydrazone groups is 1. The van der Waals surface area contributed by atoms with Crippen molar-refractivity contribution in [3.63, 3.8) is 0 Å². The van der Waals surface area contributed by atoms with Crippen LogP contribution < -0.4 is 10.4 Å². The number of benzene rings is 2. The van der Waals surface area contributed by atoms with E-state index in [4.69, 9.17) is 14.3 Å². The molecule has 2 atom stereocenters. The first-order valence-corrected chi connectivity index (χ1v) is 14.3. The van der Waals surface area contributed by atoms with Gasteiger partial charge < -0.3 is 9.16 Å². The number of ether oxygens (including phenoxy) is 1. The Balaban J connectivity index is 1.68. The molecule has 1 heterocycles. The van der Waals surface area contributed by atoms with Crippen LogP contribution in [0, 0.1) is 5.92 Å².